The maximum atomic E-state index is 12.5. The summed E-state index contributed by atoms with van der Waals surface area (Å²) in [5.41, 5.74) is 1.46. The van der Waals surface area contributed by atoms with Crippen LogP contribution in [0.1, 0.15) is 29.3 Å². The van der Waals surface area contributed by atoms with E-state index in [0.717, 1.165) is 18.9 Å². The molecule has 2 aromatic rings. The minimum atomic E-state index is 0.0722. The van der Waals surface area contributed by atoms with E-state index in [1.165, 1.54) is 23.3 Å². The molecule has 1 saturated carbocycles. The summed E-state index contributed by atoms with van der Waals surface area (Å²) < 4.78 is 11.0. The highest BCUT2D eigenvalue weighted by molar-refractivity contribution is 7.10. The smallest absolute Gasteiger partial charge is 0.234 e. The van der Waals surface area contributed by atoms with Crippen LogP contribution in [0.15, 0.2) is 35.7 Å². The highest BCUT2D eigenvalue weighted by Gasteiger charge is 2.40. The monoisotopic (exact) mass is 386 g/mol. The molecular formula is C21H26N2O3S. The van der Waals surface area contributed by atoms with Gasteiger partial charge in [0.25, 0.3) is 0 Å². The van der Waals surface area contributed by atoms with Gasteiger partial charge in [0.05, 0.1) is 20.2 Å². The van der Waals surface area contributed by atoms with Gasteiger partial charge in [-0.3, -0.25) is 9.69 Å². The molecule has 1 N–H and O–H groups in total. The summed E-state index contributed by atoms with van der Waals surface area (Å²) in [6.07, 6.45) is 3.62. The number of rotatable bonds is 8. The Labute approximate surface area is 164 Å². The van der Waals surface area contributed by atoms with Crippen LogP contribution in [0.25, 0.3) is 0 Å². The molecular weight excluding hydrogens is 360 g/mol. The van der Waals surface area contributed by atoms with E-state index in [9.17, 15) is 4.79 Å². The predicted molar refractivity (Wildman–Crippen MR) is 107 cm³/mol. The van der Waals surface area contributed by atoms with Crippen molar-refractivity contribution in [2.75, 3.05) is 33.4 Å². The van der Waals surface area contributed by atoms with Gasteiger partial charge in [-0.25, -0.2) is 0 Å². The highest BCUT2D eigenvalue weighted by Crippen LogP contribution is 2.48. The second-order valence-electron chi connectivity index (χ2n) is 7.15. The van der Waals surface area contributed by atoms with Crippen molar-refractivity contribution in [2.45, 2.75) is 25.3 Å². The van der Waals surface area contributed by atoms with Crippen LogP contribution in [0.2, 0.25) is 0 Å². The summed E-state index contributed by atoms with van der Waals surface area (Å²) in [6, 6.07) is 10.2. The third-order valence-electron chi connectivity index (χ3n) is 5.28. The van der Waals surface area contributed by atoms with Gasteiger partial charge >= 0.3 is 0 Å². The number of benzene rings is 1. The number of carbonyl (C=O) groups is 1. The third-order valence-corrected chi connectivity index (χ3v) is 6.28. The molecule has 6 heteroatoms. The number of nitrogens with one attached hydrogen (secondary N) is 1. The van der Waals surface area contributed by atoms with Crippen LogP contribution < -0.4 is 14.8 Å². The minimum absolute atomic E-state index is 0.0722. The summed E-state index contributed by atoms with van der Waals surface area (Å²) in [6.45, 7) is 2.35. The van der Waals surface area contributed by atoms with E-state index in [1.54, 1.807) is 7.11 Å². The lowest BCUT2D eigenvalue weighted by molar-refractivity contribution is -0.123. The van der Waals surface area contributed by atoms with E-state index in [-0.39, 0.29) is 5.91 Å². The van der Waals surface area contributed by atoms with E-state index in [1.807, 2.05) is 35.6 Å². The molecule has 4 rings (SSSR count). The first-order valence-electron chi connectivity index (χ1n) is 9.59. The quantitative estimate of drug-likeness (QED) is 0.708. The Hall–Kier alpha value is -2.05. The molecule has 27 heavy (non-hydrogen) atoms. The molecule has 5 nitrogen and oxygen atoms in total. The maximum absolute atomic E-state index is 12.5. The van der Waals surface area contributed by atoms with Gasteiger partial charge in [0, 0.05) is 17.5 Å². The summed E-state index contributed by atoms with van der Waals surface area (Å²) >= 11 is 1.86. The molecule has 0 unspecified atom stereocenters. The van der Waals surface area contributed by atoms with Gasteiger partial charge in [0.15, 0.2) is 11.5 Å². The van der Waals surface area contributed by atoms with E-state index in [2.05, 4.69) is 21.7 Å². The lowest BCUT2D eigenvalue weighted by atomic mass is 9.96. The van der Waals surface area contributed by atoms with Crippen LogP contribution in [0.5, 0.6) is 11.5 Å². The number of para-hydroxylation sites is 2. The molecule has 0 bridgehead atoms. The summed E-state index contributed by atoms with van der Waals surface area (Å²) in [4.78, 5) is 16.3. The number of amides is 1. The number of fused-ring (bicyclic) bond motifs is 1. The van der Waals surface area contributed by atoms with Crippen molar-refractivity contribution in [1.29, 1.82) is 0 Å². The van der Waals surface area contributed by atoms with Crippen molar-refractivity contribution in [3.8, 4) is 11.5 Å². The largest absolute Gasteiger partial charge is 0.493 e. The molecule has 1 aliphatic carbocycles. The van der Waals surface area contributed by atoms with Crippen LogP contribution in [0.4, 0.5) is 0 Å². The lowest BCUT2D eigenvalue weighted by Crippen LogP contribution is -2.43. The zero-order chi connectivity index (χ0) is 18.6. The van der Waals surface area contributed by atoms with Crippen LogP contribution in [-0.4, -0.2) is 44.2 Å². The number of methoxy groups -OCH3 is 1. The lowest BCUT2D eigenvalue weighted by Gasteiger charge is -2.35. The average Bonchev–Trinajstić information content (AvgIpc) is 3.41. The number of hydrogen-bond donors (Lipinski definition) is 1. The Balaban J connectivity index is 1.26. The number of ether oxygens (including phenoxy) is 2. The maximum Gasteiger partial charge on any atom is 0.234 e. The van der Waals surface area contributed by atoms with Crippen molar-refractivity contribution in [2.24, 2.45) is 5.92 Å². The average molecular weight is 387 g/mol. The van der Waals surface area contributed by atoms with Gasteiger partial charge in [0.1, 0.15) is 6.61 Å². The van der Waals surface area contributed by atoms with E-state index >= 15 is 0 Å². The molecule has 0 saturated heterocycles. The Kier molecular flexibility index (Phi) is 5.64. The number of nitrogens with zero attached hydrogens (tertiary/aromatic N) is 1. The third kappa shape index (κ3) is 4.28. The standard InChI is InChI=1S/C21H26N2O3S/c1-25-17-4-2-3-5-18(17)26-12-10-22-20(24)14-23-11-8-19-16(9-13-27-19)21(23)15-6-7-15/h2-5,9,13,15,21H,6-8,10-12,14H2,1H3,(H,22,24)/t21-/m1/s1. The molecule has 0 spiro atoms. The molecule has 1 amide bonds. The fourth-order valence-electron chi connectivity index (χ4n) is 3.87. The first-order chi connectivity index (χ1) is 13.3. The molecule has 1 atom stereocenters. The normalized spacial score (nSPS) is 19.4. The van der Waals surface area contributed by atoms with Crippen LogP contribution in [0, 0.1) is 5.92 Å². The predicted octanol–water partition coefficient (Wildman–Crippen LogP) is 3.26. The number of hydrogen-bond acceptors (Lipinski definition) is 5. The van der Waals surface area contributed by atoms with Crippen LogP contribution in [-0.2, 0) is 11.2 Å². The topological polar surface area (TPSA) is 50.8 Å². The van der Waals surface area contributed by atoms with Gasteiger partial charge in [0.2, 0.25) is 5.91 Å². The molecule has 1 aromatic carbocycles. The first kappa shape index (κ1) is 18.3. The van der Waals surface area contributed by atoms with Gasteiger partial charge in [-0.05, 0) is 54.3 Å². The van der Waals surface area contributed by atoms with Crippen molar-refractivity contribution in [1.82, 2.24) is 10.2 Å². The van der Waals surface area contributed by atoms with Crippen LogP contribution >= 0.6 is 11.3 Å². The number of carbonyl (C=O) groups excluding carboxylic acids is 1. The Morgan fingerprint density at radius 3 is 2.85 bits per heavy atom. The molecule has 2 heterocycles. The van der Waals surface area contributed by atoms with Crippen molar-refractivity contribution in [3.63, 3.8) is 0 Å². The fraction of sp³-hybridized carbons (Fsp3) is 0.476. The van der Waals surface area contributed by atoms with Gasteiger partial charge in [-0.2, -0.15) is 0 Å². The van der Waals surface area contributed by atoms with Gasteiger partial charge < -0.3 is 14.8 Å². The SMILES string of the molecule is COc1ccccc1OCCNC(=O)CN1CCc2sccc2[C@H]1C1CC1. The van der Waals surface area contributed by atoms with Gasteiger partial charge in [-0.1, -0.05) is 12.1 Å². The van der Waals surface area contributed by atoms with E-state index < -0.39 is 0 Å². The first-order valence-corrected chi connectivity index (χ1v) is 10.5. The fourth-order valence-corrected chi connectivity index (χ4v) is 4.78. The number of thiophene rings is 1. The summed E-state index contributed by atoms with van der Waals surface area (Å²) in [5, 5.41) is 5.18. The molecule has 144 valence electrons. The zero-order valence-electron chi connectivity index (χ0n) is 15.6. The van der Waals surface area contributed by atoms with E-state index in [4.69, 9.17) is 9.47 Å². The second kappa shape index (κ2) is 8.31. The Bertz CT molecular complexity index is 787. The molecule has 1 aliphatic heterocycles. The Morgan fingerprint density at radius 2 is 2.07 bits per heavy atom. The molecule has 2 aliphatic rings. The molecule has 0 radical (unpaired) electrons. The molecule has 1 aromatic heterocycles. The second-order valence-corrected chi connectivity index (χ2v) is 8.15. The Morgan fingerprint density at radius 1 is 1.26 bits per heavy atom. The summed E-state index contributed by atoms with van der Waals surface area (Å²) in [7, 11) is 1.62. The van der Waals surface area contributed by atoms with Crippen molar-refractivity contribution in [3.05, 3.63) is 46.2 Å². The van der Waals surface area contributed by atoms with Crippen LogP contribution in [0.3, 0.4) is 0 Å². The summed E-state index contributed by atoms with van der Waals surface area (Å²) in [5.74, 6) is 2.20. The van der Waals surface area contributed by atoms with Gasteiger partial charge in [-0.15, -0.1) is 11.3 Å². The highest BCUT2D eigenvalue weighted by atomic mass is 32.1. The van der Waals surface area contributed by atoms with Crippen molar-refractivity contribution < 1.29 is 14.3 Å². The zero-order valence-corrected chi connectivity index (χ0v) is 16.5. The van der Waals surface area contributed by atoms with Crippen molar-refractivity contribution >= 4 is 17.2 Å². The van der Waals surface area contributed by atoms with E-state index in [0.29, 0.717) is 37.2 Å². The minimum Gasteiger partial charge on any atom is -0.493 e. The molecule has 1 fully saturated rings.